The monoisotopic (exact) mass is 257 g/mol. The second kappa shape index (κ2) is 5.13. The lowest BCUT2D eigenvalue weighted by Crippen LogP contribution is -2.40. The van der Waals surface area contributed by atoms with E-state index in [1.54, 1.807) is 12.1 Å². The van der Waals surface area contributed by atoms with E-state index in [0.717, 1.165) is 18.6 Å². The molecule has 0 radical (unpaired) electrons. The van der Waals surface area contributed by atoms with Gasteiger partial charge in [0.25, 0.3) is 5.91 Å². The molecule has 1 aromatic carbocycles. The van der Waals surface area contributed by atoms with Crippen molar-refractivity contribution in [3.8, 4) is 0 Å². The van der Waals surface area contributed by atoms with Gasteiger partial charge >= 0.3 is 0 Å². The highest BCUT2D eigenvalue weighted by atomic mass is 16.2. The Morgan fingerprint density at radius 1 is 1.21 bits per heavy atom. The van der Waals surface area contributed by atoms with Gasteiger partial charge in [0, 0.05) is 36.2 Å². The van der Waals surface area contributed by atoms with Gasteiger partial charge in [-0.2, -0.15) is 5.10 Å². The number of carbonyl (C=O) groups excluding carboxylic acids is 1. The van der Waals surface area contributed by atoms with Crippen LogP contribution in [0.3, 0.4) is 0 Å². The third-order valence-corrected chi connectivity index (χ3v) is 4.28. The van der Waals surface area contributed by atoms with Gasteiger partial charge in [0.15, 0.2) is 0 Å². The zero-order chi connectivity index (χ0) is 13.2. The lowest BCUT2D eigenvalue weighted by Gasteiger charge is -2.31. The molecule has 2 aliphatic rings. The summed E-state index contributed by atoms with van der Waals surface area (Å²) in [6, 6.07) is 10.5. The van der Waals surface area contributed by atoms with Gasteiger partial charge in [-0.3, -0.25) is 9.69 Å². The lowest BCUT2D eigenvalue weighted by atomic mass is 10.0. The lowest BCUT2D eigenvalue weighted by molar-refractivity contribution is 0.0954. The fraction of sp³-hybridized carbons (Fsp3) is 0.467. The Balaban J connectivity index is 1.63. The molecule has 3 rings (SSSR count). The van der Waals surface area contributed by atoms with Gasteiger partial charge < -0.3 is 0 Å². The third-order valence-electron chi connectivity index (χ3n) is 4.28. The first kappa shape index (κ1) is 12.4. The summed E-state index contributed by atoms with van der Waals surface area (Å²) in [5.41, 5.74) is 4.47. The first-order chi connectivity index (χ1) is 9.24. The molecule has 2 aliphatic heterocycles. The number of hydrogen-bond acceptors (Lipinski definition) is 3. The number of nitrogens with one attached hydrogen (secondary N) is 1. The van der Waals surface area contributed by atoms with Crippen LogP contribution in [0.25, 0.3) is 0 Å². The molecule has 1 amide bonds. The van der Waals surface area contributed by atoms with Crippen molar-refractivity contribution in [1.29, 1.82) is 0 Å². The maximum absolute atomic E-state index is 11.9. The summed E-state index contributed by atoms with van der Waals surface area (Å²) >= 11 is 0. The number of amides is 1. The molecule has 1 N–H and O–H groups in total. The molecule has 2 heterocycles. The molecule has 4 heteroatoms. The Morgan fingerprint density at radius 2 is 1.84 bits per heavy atom. The molecule has 0 aliphatic carbocycles. The van der Waals surface area contributed by atoms with Crippen LogP contribution in [-0.4, -0.2) is 35.7 Å². The molecular weight excluding hydrogens is 238 g/mol. The predicted octanol–water partition coefficient (Wildman–Crippen LogP) is 2.03. The maximum Gasteiger partial charge on any atom is 0.271 e. The molecule has 4 nitrogen and oxygen atoms in total. The predicted molar refractivity (Wildman–Crippen MR) is 75.2 cm³/mol. The Morgan fingerprint density at radius 3 is 2.47 bits per heavy atom. The SMILES string of the molecule is CN1C2CCC1CC(=NNC(=O)c1ccccc1)C2. The number of fused-ring (bicyclic) bond motifs is 2. The maximum atomic E-state index is 11.9. The molecule has 19 heavy (non-hydrogen) atoms. The summed E-state index contributed by atoms with van der Waals surface area (Å²) in [7, 11) is 2.20. The van der Waals surface area contributed by atoms with Crippen LogP contribution in [-0.2, 0) is 0 Å². The highest BCUT2D eigenvalue weighted by molar-refractivity contribution is 5.95. The van der Waals surface area contributed by atoms with E-state index in [0.29, 0.717) is 17.6 Å². The molecule has 0 spiro atoms. The zero-order valence-corrected chi connectivity index (χ0v) is 11.2. The highest BCUT2D eigenvalue weighted by Gasteiger charge is 2.36. The quantitative estimate of drug-likeness (QED) is 0.824. The molecule has 0 aromatic heterocycles. The fourth-order valence-electron chi connectivity index (χ4n) is 3.08. The van der Waals surface area contributed by atoms with Crippen LogP contribution < -0.4 is 5.43 Å². The van der Waals surface area contributed by atoms with Gasteiger partial charge in [-0.15, -0.1) is 0 Å². The number of rotatable bonds is 2. The summed E-state index contributed by atoms with van der Waals surface area (Å²) in [6.07, 6.45) is 4.49. The van der Waals surface area contributed by atoms with E-state index >= 15 is 0 Å². The van der Waals surface area contributed by atoms with Crippen LogP contribution in [0.4, 0.5) is 0 Å². The van der Waals surface area contributed by atoms with E-state index in [2.05, 4.69) is 22.5 Å². The van der Waals surface area contributed by atoms with Crippen LogP contribution in [0.15, 0.2) is 35.4 Å². The third kappa shape index (κ3) is 2.54. The first-order valence-electron chi connectivity index (χ1n) is 6.87. The first-order valence-corrected chi connectivity index (χ1v) is 6.87. The second-order valence-electron chi connectivity index (χ2n) is 5.44. The van der Waals surface area contributed by atoms with Crippen molar-refractivity contribution >= 4 is 11.6 Å². The Kier molecular flexibility index (Phi) is 3.34. The summed E-state index contributed by atoms with van der Waals surface area (Å²) in [4.78, 5) is 14.4. The Bertz CT molecular complexity index is 481. The average Bonchev–Trinajstić information content (AvgIpc) is 2.68. The van der Waals surface area contributed by atoms with E-state index in [4.69, 9.17) is 0 Å². The van der Waals surface area contributed by atoms with Crippen molar-refractivity contribution in [3.63, 3.8) is 0 Å². The van der Waals surface area contributed by atoms with Crippen LogP contribution in [0, 0.1) is 0 Å². The minimum Gasteiger partial charge on any atom is -0.300 e. The van der Waals surface area contributed by atoms with Crippen molar-refractivity contribution in [3.05, 3.63) is 35.9 Å². The normalized spacial score (nSPS) is 26.3. The number of hydrogen-bond donors (Lipinski definition) is 1. The van der Waals surface area contributed by atoms with E-state index in [1.165, 1.54) is 12.8 Å². The van der Waals surface area contributed by atoms with Gasteiger partial charge in [0.2, 0.25) is 0 Å². The molecule has 2 unspecified atom stereocenters. The van der Waals surface area contributed by atoms with Crippen molar-refractivity contribution in [2.75, 3.05) is 7.05 Å². The van der Waals surface area contributed by atoms with Gasteiger partial charge in [0.05, 0.1) is 0 Å². The zero-order valence-electron chi connectivity index (χ0n) is 11.2. The Hall–Kier alpha value is -1.68. The topological polar surface area (TPSA) is 44.7 Å². The van der Waals surface area contributed by atoms with E-state index < -0.39 is 0 Å². The van der Waals surface area contributed by atoms with Crippen molar-refractivity contribution < 1.29 is 4.79 Å². The molecule has 2 bridgehead atoms. The minimum atomic E-state index is -0.126. The van der Waals surface area contributed by atoms with Gasteiger partial charge in [0.1, 0.15) is 0 Å². The second-order valence-corrected chi connectivity index (χ2v) is 5.44. The number of hydrazone groups is 1. The van der Waals surface area contributed by atoms with Gasteiger partial charge in [-0.1, -0.05) is 18.2 Å². The van der Waals surface area contributed by atoms with E-state index in [1.807, 2.05) is 18.2 Å². The molecular formula is C15H19N3O. The standard InChI is InChI=1S/C15H19N3O/c1-18-13-7-8-14(18)10-12(9-13)16-17-15(19)11-5-3-2-4-6-11/h2-6,13-14H,7-10H2,1H3,(H,17,19). The molecule has 1 aromatic rings. The number of piperidine rings is 1. The summed E-state index contributed by atoms with van der Waals surface area (Å²) in [5.74, 6) is -0.126. The van der Waals surface area contributed by atoms with Crippen LogP contribution in [0.2, 0.25) is 0 Å². The smallest absolute Gasteiger partial charge is 0.271 e. The summed E-state index contributed by atoms with van der Waals surface area (Å²) in [5, 5.41) is 4.33. The fourth-order valence-corrected chi connectivity index (χ4v) is 3.08. The van der Waals surface area contributed by atoms with Crippen molar-refractivity contribution in [2.24, 2.45) is 5.10 Å². The number of benzene rings is 1. The van der Waals surface area contributed by atoms with Gasteiger partial charge in [-0.25, -0.2) is 5.43 Å². The molecule has 100 valence electrons. The Labute approximate surface area is 113 Å². The molecule has 0 saturated carbocycles. The van der Waals surface area contributed by atoms with Crippen LogP contribution >= 0.6 is 0 Å². The number of carbonyl (C=O) groups is 1. The highest BCUT2D eigenvalue weighted by Crippen LogP contribution is 2.32. The van der Waals surface area contributed by atoms with E-state index in [9.17, 15) is 4.79 Å². The average molecular weight is 257 g/mol. The number of nitrogens with zero attached hydrogens (tertiary/aromatic N) is 2. The summed E-state index contributed by atoms with van der Waals surface area (Å²) < 4.78 is 0. The van der Waals surface area contributed by atoms with Crippen LogP contribution in [0.1, 0.15) is 36.0 Å². The molecule has 2 atom stereocenters. The van der Waals surface area contributed by atoms with E-state index in [-0.39, 0.29) is 5.91 Å². The molecule has 2 fully saturated rings. The van der Waals surface area contributed by atoms with Gasteiger partial charge in [-0.05, 0) is 32.0 Å². The molecule has 2 saturated heterocycles. The van der Waals surface area contributed by atoms with Crippen molar-refractivity contribution in [1.82, 2.24) is 10.3 Å². The minimum absolute atomic E-state index is 0.126. The largest absolute Gasteiger partial charge is 0.300 e. The summed E-state index contributed by atoms with van der Waals surface area (Å²) in [6.45, 7) is 0. The van der Waals surface area contributed by atoms with Crippen LogP contribution in [0.5, 0.6) is 0 Å². The van der Waals surface area contributed by atoms with Crippen molar-refractivity contribution in [2.45, 2.75) is 37.8 Å².